The maximum Gasteiger partial charge on any atom is 0.426 e. The first-order valence-electron chi connectivity index (χ1n) is 11.8. The summed E-state index contributed by atoms with van der Waals surface area (Å²) in [5, 5.41) is 21.8. The van der Waals surface area contributed by atoms with Crippen LogP contribution in [0.3, 0.4) is 0 Å². The highest BCUT2D eigenvalue weighted by Gasteiger charge is 2.61. The van der Waals surface area contributed by atoms with E-state index in [0.717, 1.165) is 0 Å². The summed E-state index contributed by atoms with van der Waals surface area (Å²) in [5.41, 5.74) is -5.88. The van der Waals surface area contributed by atoms with Gasteiger partial charge in [0.05, 0.1) is 17.1 Å². The molecule has 4 rings (SSSR count). The van der Waals surface area contributed by atoms with Crippen molar-refractivity contribution in [2.45, 2.75) is 63.5 Å². The molecule has 1 aliphatic heterocycles. The molecule has 14 heteroatoms. The van der Waals surface area contributed by atoms with Gasteiger partial charge in [-0.1, -0.05) is 42.5 Å². The Bertz CT molecular complexity index is 1360. The van der Waals surface area contributed by atoms with Gasteiger partial charge in [-0.2, -0.15) is 13.2 Å². The number of nitrogens with one attached hydrogen (secondary N) is 1. The van der Waals surface area contributed by atoms with Crippen LogP contribution in [0.2, 0.25) is 0 Å². The lowest BCUT2D eigenvalue weighted by Crippen LogP contribution is -2.45. The van der Waals surface area contributed by atoms with Gasteiger partial charge in [-0.05, 0) is 32.3 Å². The largest absolute Gasteiger partial charge is 0.426 e. The molecule has 0 aliphatic carbocycles. The lowest BCUT2D eigenvalue weighted by Gasteiger charge is -2.32. The number of pyridine rings is 1. The normalized spacial score (nSPS) is 19.4. The van der Waals surface area contributed by atoms with Gasteiger partial charge in [-0.25, -0.2) is 13.8 Å². The molecule has 2 aromatic heterocycles. The number of nitrogens with zero attached hydrogens (tertiary/aromatic N) is 4. The van der Waals surface area contributed by atoms with Gasteiger partial charge in [0.15, 0.2) is 0 Å². The number of anilines is 1. The number of ether oxygens (including phenoxy) is 1. The van der Waals surface area contributed by atoms with Gasteiger partial charge in [0.2, 0.25) is 11.3 Å². The Kier molecular flexibility index (Phi) is 7.68. The first-order valence-corrected chi connectivity index (χ1v) is 11.8. The minimum atomic E-state index is -5.06. The zero-order valence-corrected chi connectivity index (χ0v) is 20.8. The fourth-order valence-electron chi connectivity index (χ4n) is 4.06. The fourth-order valence-corrected chi connectivity index (χ4v) is 4.06. The maximum absolute atomic E-state index is 14.7. The van der Waals surface area contributed by atoms with Gasteiger partial charge in [0.25, 0.3) is 18.2 Å². The van der Waals surface area contributed by atoms with Crippen LogP contribution >= 0.6 is 0 Å². The SMILES string of the molecule is CC1(C)CCC=CC[C@](OCc2ccccc2)(C(F)(F)F)c2nnc(o2)-c2nc(c(C(F)F)cc2[N+](=O)[O-])N1. The Morgan fingerprint density at radius 2 is 1.90 bits per heavy atom. The minimum absolute atomic E-state index is 0.269. The zero-order chi connectivity index (χ0) is 28.4. The van der Waals surface area contributed by atoms with Crippen LogP contribution in [0.4, 0.5) is 33.5 Å². The second kappa shape index (κ2) is 10.7. The van der Waals surface area contributed by atoms with Gasteiger partial charge >= 0.3 is 11.9 Å². The molecule has 3 aromatic rings. The first-order chi connectivity index (χ1) is 18.3. The van der Waals surface area contributed by atoms with Crippen LogP contribution in [0.15, 0.2) is 53.0 Å². The van der Waals surface area contributed by atoms with Gasteiger partial charge in [-0.3, -0.25) is 10.1 Å². The standard InChI is InChI=1S/C25H24F5N5O4/c1-23(2)11-7-4-8-12-24(25(28,29)30,38-14-15-9-5-3-6-10-15)22-34-33-21(39-22)18-17(35(36)37)13-16(19(26)27)20(31-18)32-23/h3-6,8-10,13,19H,7,11-12,14H2,1-2H3,(H,31,32)/t24-/m1/s1. The Hall–Kier alpha value is -3.94. The summed E-state index contributed by atoms with van der Waals surface area (Å²) in [7, 11) is 0. The topological polar surface area (TPSA) is 116 Å². The van der Waals surface area contributed by atoms with Crippen molar-refractivity contribution in [3.8, 4) is 11.6 Å². The second-order valence-electron chi connectivity index (χ2n) is 9.59. The molecule has 0 saturated carbocycles. The molecule has 1 N–H and O–H groups in total. The highest BCUT2D eigenvalue weighted by atomic mass is 19.4. The van der Waals surface area contributed by atoms with Crippen LogP contribution in [0.5, 0.6) is 0 Å². The number of halogens is 5. The predicted molar refractivity (Wildman–Crippen MR) is 129 cm³/mol. The van der Waals surface area contributed by atoms with Gasteiger partial charge in [0, 0.05) is 18.0 Å². The molecule has 0 spiro atoms. The van der Waals surface area contributed by atoms with Crippen LogP contribution < -0.4 is 5.32 Å². The van der Waals surface area contributed by atoms with E-state index in [-0.39, 0.29) is 12.2 Å². The number of fused-ring (bicyclic) bond motifs is 5. The Morgan fingerprint density at radius 1 is 1.18 bits per heavy atom. The van der Waals surface area contributed by atoms with E-state index in [4.69, 9.17) is 9.15 Å². The number of nitro groups is 1. The third-order valence-electron chi connectivity index (χ3n) is 6.19. The van der Waals surface area contributed by atoms with Crippen molar-refractivity contribution in [2.24, 2.45) is 0 Å². The molecule has 1 aromatic carbocycles. The quantitative estimate of drug-likeness (QED) is 0.157. The van der Waals surface area contributed by atoms with E-state index >= 15 is 0 Å². The van der Waals surface area contributed by atoms with Gasteiger partial charge in [-0.15, -0.1) is 10.2 Å². The lowest BCUT2D eigenvalue weighted by atomic mass is 9.95. The van der Waals surface area contributed by atoms with Crippen LogP contribution in [0.1, 0.15) is 56.6 Å². The van der Waals surface area contributed by atoms with Crippen molar-refractivity contribution in [1.29, 1.82) is 0 Å². The van der Waals surface area contributed by atoms with Gasteiger partial charge in [0.1, 0.15) is 5.82 Å². The van der Waals surface area contributed by atoms with Crippen LogP contribution in [0, 0.1) is 10.1 Å². The molecule has 4 bridgehead atoms. The summed E-state index contributed by atoms with van der Waals surface area (Å²) in [5.74, 6) is -2.15. The zero-order valence-electron chi connectivity index (χ0n) is 20.8. The average molecular weight is 553 g/mol. The Balaban J connectivity index is 1.92. The van der Waals surface area contributed by atoms with Crippen LogP contribution in [-0.4, -0.2) is 31.8 Å². The number of allylic oxidation sites excluding steroid dienone is 1. The average Bonchev–Trinajstić information content (AvgIpc) is 3.34. The molecule has 0 unspecified atom stereocenters. The highest BCUT2D eigenvalue weighted by Crippen LogP contribution is 2.47. The molecular weight excluding hydrogens is 529 g/mol. The summed E-state index contributed by atoms with van der Waals surface area (Å²) in [6, 6.07) is 8.73. The smallest absolute Gasteiger partial charge is 0.415 e. The number of benzene rings is 1. The summed E-state index contributed by atoms with van der Waals surface area (Å²) in [6.45, 7) is 2.89. The number of hydrogen-bond donors (Lipinski definition) is 1. The second-order valence-corrected chi connectivity index (χ2v) is 9.59. The molecule has 208 valence electrons. The van der Waals surface area contributed by atoms with Crippen LogP contribution in [0.25, 0.3) is 11.6 Å². The molecule has 0 saturated heterocycles. The first kappa shape index (κ1) is 28.1. The third-order valence-corrected chi connectivity index (χ3v) is 6.19. The van der Waals surface area contributed by atoms with E-state index in [2.05, 4.69) is 20.5 Å². The predicted octanol–water partition coefficient (Wildman–Crippen LogP) is 6.88. The van der Waals surface area contributed by atoms with Crippen molar-refractivity contribution in [3.05, 3.63) is 75.7 Å². The molecule has 1 aliphatic rings. The van der Waals surface area contributed by atoms with E-state index in [9.17, 15) is 32.1 Å². The van der Waals surface area contributed by atoms with Crippen molar-refractivity contribution in [1.82, 2.24) is 15.2 Å². The van der Waals surface area contributed by atoms with Crippen molar-refractivity contribution >= 4 is 11.5 Å². The Morgan fingerprint density at radius 3 is 2.54 bits per heavy atom. The van der Waals surface area contributed by atoms with Gasteiger partial charge < -0.3 is 14.5 Å². The molecule has 0 radical (unpaired) electrons. The number of hydrogen-bond acceptors (Lipinski definition) is 8. The van der Waals surface area contributed by atoms with Crippen molar-refractivity contribution in [3.63, 3.8) is 0 Å². The lowest BCUT2D eigenvalue weighted by molar-refractivity contribution is -0.384. The fraction of sp³-hybridized carbons (Fsp3) is 0.400. The monoisotopic (exact) mass is 553 g/mol. The number of aromatic nitrogens is 3. The van der Waals surface area contributed by atoms with E-state index in [1.807, 2.05) is 0 Å². The van der Waals surface area contributed by atoms with E-state index in [1.54, 1.807) is 44.2 Å². The molecule has 0 amide bonds. The minimum Gasteiger partial charge on any atom is -0.415 e. The number of alkyl halides is 5. The summed E-state index contributed by atoms with van der Waals surface area (Å²) in [4.78, 5) is 14.7. The van der Waals surface area contributed by atoms with E-state index in [1.165, 1.54) is 12.2 Å². The summed E-state index contributed by atoms with van der Waals surface area (Å²) < 4.78 is 82.7. The molecular formula is C25H24F5N5O4. The summed E-state index contributed by atoms with van der Waals surface area (Å²) in [6.07, 6.45) is -5.56. The molecule has 1 atom stereocenters. The van der Waals surface area contributed by atoms with E-state index in [0.29, 0.717) is 18.1 Å². The molecule has 3 heterocycles. The maximum atomic E-state index is 14.7. The molecule has 9 nitrogen and oxygen atoms in total. The van der Waals surface area contributed by atoms with E-state index < -0.39 is 70.4 Å². The molecule has 39 heavy (non-hydrogen) atoms. The highest BCUT2D eigenvalue weighted by molar-refractivity contribution is 5.68. The van der Waals surface area contributed by atoms with Crippen molar-refractivity contribution in [2.75, 3.05) is 5.32 Å². The van der Waals surface area contributed by atoms with Crippen LogP contribution in [-0.2, 0) is 16.9 Å². The molecule has 0 fully saturated rings. The summed E-state index contributed by atoms with van der Waals surface area (Å²) >= 11 is 0. The third kappa shape index (κ3) is 5.90. The Labute approximate surface area is 219 Å². The number of rotatable bonds is 5. The van der Waals surface area contributed by atoms with Crippen molar-refractivity contribution < 1.29 is 36.0 Å².